The molecule has 0 saturated carbocycles. The van der Waals surface area contributed by atoms with Gasteiger partial charge in [0, 0.05) is 18.8 Å². The lowest BCUT2D eigenvalue weighted by atomic mass is 10.1. The Morgan fingerprint density at radius 2 is 1.93 bits per heavy atom. The van der Waals surface area contributed by atoms with Crippen LogP contribution in [0.3, 0.4) is 0 Å². The van der Waals surface area contributed by atoms with Gasteiger partial charge in [-0.3, -0.25) is 9.78 Å². The van der Waals surface area contributed by atoms with Crippen molar-refractivity contribution in [3.8, 4) is 0 Å². The summed E-state index contributed by atoms with van der Waals surface area (Å²) < 4.78 is 0. The predicted molar refractivity (Wildman–Crippen MR) is 56.2 cm³/mol. The van der Waals surface area contributed by atoms with Crippen LogP contribution in [0.15, 0.2) is 24.5 Å². The Morgan fingerprint density at radius 1 is 1.36 bits per heavy atom. The zero-order valence-corrected chi connectivity index (χ0v) is 8.73. The first-order valence-electron chi connectivity index (χ1n) is 4.90. The van der Waals surface area contributed by atoms with E-state index in [1.807, 2.05) is 26.0 Å². The van der Waals surface area contributed by atoms with Gasteiger partial charge in [0.25, 0.3) is 0 Å². The van der Waals surface area contributed by atoms with E-state index >= 15 is 0 Å². The fourth-order valence-electron chi connectivity index (χ4n) is 0.993. The van der Waals surface area contributed by atoms with E-state index in [2.05, 4.69) is 4.98 Å². The van der Waals surface area contributed by atoms with Gasteiger partial charge >= 0.3 is 5.97 Å². The summed E-state index contributed by atoms with van der Waals surface area (Å²) in [5.41, 5.74) is 1.14. The van der Waals surface area contributed by atoms with Crippen LogP contribution in [0.25, 0.3) is 0 Å². The molecule has 0 aromatic carbocycles. The summed E-state index contributed by atoms with van der Waals surface area (Å²) in [6.07, 6.45) is 5.18. The van der Waals surface area contributed by atoms with Crippen molar-refractivity contribution < 1.29 is 9.90 Å². The molecule has 0 fully saturated rings. The molecule has 1 N–H and O–H groups in total. The molecule has 0 bridgehead atoms. The van der Waals surface area contributed by atoms with E-state index in [9.17, 15) is 4.79 Å². The number of hydrogen-bond donors (Lipinski definition) is 1. The second-order valence-corrected chi connectivity index (χ2v) is 2.60. The molecular weight excluding hydrogens is 178 g/mol. The van der Waals surface area contributed by atoms with Gasteiger partial charge in [-0.2, -0.15) is 0 Å². The summed E-state index contributed by atoms with van der Waals surface area (Å²) >= 11 is 0. The molecule has 0 aliphatic carbocycles. The van der Waals surface area contributed by atoms with Gasteiger partial charge in [0.2, 0.25) is 0 Å². The molecule has 3 nitrogen and oxygen atoms in total. The number of carbonyl (C=O) groups is 1. The molecule has 0 amide bonds. The van der Waals surface area contributed by atoms with Gasteiger partial charge in [-0.15, -0.1) is 0 Å². The number of aromatic nitrogens is 1. The number of nitrogens with zero attached hydrogens (tertiary/aromatic N) is 1. The van der Waals surface area contributed by atoms with Gasteiger partial charge in [-0.1, -0.05) is 13.8 Å². The van der Waals surface area contributed by atoms with Gasteiger partial charge < -0.3 is 5.11 Å². The van der Waals surface area contributed by atoms with Gasteiger partial charge in [0.05, 0.1) is 0 Å². The Balaban J connectivity index is 0.000000791. The highest BCUT2D eigenvalue weighted by atomic mass is 16.4. The second-order valence-electron chi connectivity index (χ2n) is 2.60. The van der Waals surface area contributed by atoms with E-state index in [1.165, 1.54) is 0 Å². The molecule has 1 aromatic rings. The molecule has 0 atom stereocenters. The van der Waals surface area contributed by atoms with Crippen molar-refractivity contribution in [2.45, 2.75) is 33.1 Å². The molecule has 3 heteroatoms. The molecule has 78 valence electrons. The van der Waals surface area contributed by atoms with Crippen molar-refractivity contribution in [2.75, 3.05) is 0 Å². The van der Waals surface area contributed by atoms with Crippen LogP contribution in [0.2, 0.25) is 0 Å². The van der Waals surface area contributed by atoms with Gasteiger partial charge in [0.1, 0.15) is 0 Å². The molecule has 1 rings (SSSR count). The van der Waals surface area contributed by atoms with Crippen molar-refractivity contribution in [2.24, 2.45) is 0 Å². The van der Waals surface area contributed by atoms with E-state index in [0.717, 1.165) is 12.0 Å². The Labute approximate surface area is 84.8 Å². The zero-order valence-electron chi connectivity index (χ0n) is 8.73. The van der Waals surface area contributed by atoms with Crippen LogP contribution < -0.4 is 0 Å². The molecule has 0 aliphatic rings. The van der Waals surface area contributed by atoms with E-state index in [0.29, 0.717) is 6.42 Å². The summed E-state index contributed by atoms with van der Waals surface area (Å²) in [5.74, 6) is -0.732. The van der Waals surface area contributed by atoms with Crippen LogP contribution >= 0.6 is 0 Å². The summed E-state index contributed by atoms with van der Waals surface area (Å²) in [7, 11) is 0. The Morgan fingerprint density at radius 3 is 2.43 bits per heavy atom. The Hall–Kier alpha value is -1.38. The fraction of sp³-hybridized carbons (Fsp3) is 0.455. The Kier molecular flexibility index (Phi) is 7.42. The molecule has 1 aromatic heterocycles. The smallest absolute Gasteiger partial charge is 0.303 e. The van der Waals surface area contributed by atoms with Crippen LogP contribution in [0, 0.1) is 0 Å². The first-order chi connectivity index (χ1) is 6.79. The largest absolute Gasteiger partial charge is 0.481 e. The third-order valence-electron chi connectivity index (χ3n) is 1.61. The third-order valence-corrected chi connectivity index (χ3v) is 1.61. The first kappa shape index (κ1) is 12.6. The van der Waals surface area contributed by atoms with Crippen LogP contribution in [0.5, 0.6) is 0 Å². The van der Waals surface area contributed by atoms with Gasteiger partial charge in [-0.05, 0) is 30.5 Å². The lowest BCUT2D eigenvalue weighted by molar-refractivity contribution is -0.137. The summed E-state index contributed by atoms with van der Waals surface area (Å²) in [6, 6.07) is 3.81. The lowest BCUT2D eigenvalue weighted by Gasteiger charge is -1.97. The monoisotopic (exact) mass is 195 g/mol. The quantitative estimate of drug-likeness (QED) is 0.803. The number of aryl methyl sites for hydroxylation is 1. The maximum absolute atomic E-state index is 10.2. The fourth-order valence-corrected chi connectivity index (χ4v) is 0.993. The van der Waals surface area contributed by atoms with E-state index in [-0.39, 0.29) is 6.42 Å². The van der Waals surface area contributed by atoms with E-state index in [4.69, 9.17) is 5.11 Å². The van der Waals surface area contributed by atoms with Crippen LogP contribution in [0.4, 0.5) is 0 Å². The molecule has 0 radical (unpaired) electrons. The average Bonchev–Trinajstić information content (AvgIpc) is 2.22. The van der Waals surface area contributed by atoms with Gasteiger partial charge in [-0.25, -0.2) is 0 Å². The second kappa shape index (κ2) is 8.23. The van der Waals surface area contributed by atoms with Crippen molar-refractivity contribution in [1.29, 1.82) is 0 Å². The van der Waals surface area contributed by atoms with Crippen molar-refractivity contribution in [3.05, 3.63) is 30.1 Å². The van der Waals surface area contributed by atoms with E-state index in [1.54, 1.807) is 12.4 Å². The van der Waals surface area contributed by atoms with Crippen LogP contribution in [0.1, 0.15) is 32.3 Å². The number of carboxylic acids is 1. The zero-order chi connectivity index (χ0) is 10.8. The normalized spacial score (nSPS) is 8.71. The molecule has 0 aliphatic heterocycles. The standard InChI is InChI=1S/C9H11NO2.C2H6/c11-9(12)3-1-2-8-4-6-10-7-5-8;1-2/h4-7H,1-3H2,(H,11,12);1-2H3. The summed E-state index contributed by atoms with van der Waals surface area (Å²) in [4.78, 5) is 14.0. The highest BCUT2D eigenvalue weighted by molar-refractivity contribution is 5.66. The number of aliphatic carboxylic acids is 1. The molecule has 1 heterocycles. The molecule has 14 heavy (non-hydrogen) atoms. The summed E-state index contributed by atoms with van der Waals surface area (Å²) in [6.45, 7) is 4.00. The molecular formula is C11H17NO2. The molecule has 0 saturated heterocycles. The lowest BCUT2D eigenvalue weighted by Crippen LogP contribution is -1.95. The summed E-state index contributed by atoms with van der Waals surface area (Å²) in [5, 5.41) is 8.38. The first-order valence-corrected chi connectivity index (χ1v) is 4.90. The minimum absolute atomic E-state index is 0.238. The maximum atomic E-state index is 10.2. The van der Waals surface area contributed by atoms with Gasteiger partial charge in [0.15, 0.2) is 0 Å². The highest BCUT2D eigenvalue weighted by Gasteiger charge is 1.96. The number of carboxylic acid groups (broad SMARTS) is 1. The van der Waals surface area contributed by atoms with Crippen LogP contribution in [-0.2, 0) is 11.2 Å². The molecule has 0 unspecified atom stereocenters. The third kappa shape index (κ3) is 6.17. The topological polar surface area (TPSA) is 50.2 Å². The number of pyridine rings is 1. The maximum Gasteiger partial charge on any atom is 0.303 e. The minimum Gasteiger partial charge on any atom is -0.481 e. The highest BCUT2D eigenvalue weighted by Crippen LogP contribution is 2.02. The SMILES string of the molecule is CC.O=C(O)CCCc1ccncc1. The van der Waals surface area contributed by atoms with Crippen molar-refractivity contribution in [1.82, 2.24) is 4.98 Å². The minimum atomic E-state index is -0.732. The van der Waals surface area contributed by atoms with E-state index < -0.39 is 5.97 Å². The van der Waals surface area contributed by atoms with Crippen molar-refractivity contribution >= 4 is 5.97 Å². The number of rotatable bonds is 4. The predicted octanol–water partition coefficient (Wildman–Crippen LogP) is 2.52. The molecule has 0 spiro atoms. The van der Waals surface area contributed by atoms with Crippen molar-refractivity contribution in [3.63, 3.8) is 0 Å². The van der Waals surface area contributed by atoms with Crippen LogP contribution in [-0.4, -0.2) is 16.1 Å². The number of hydrogen-bond acceptors (Lipinski definition) is 2. The Bertz CT molecular complexity index is 247. The average molecular weight is 195 g/mol.